The Morgan fingerprint density at radius 2 is 2.00 bits per heavy atom. The Kier molecular flexibility index (Phi) is 2.90. The summed E-state index contributed by atoms with van der Waals surface area (Å²) in [5, 5.41) is 0. The number of esters is 1. The number of amides is 1. The number of nitrogens with zero attached hydrogens (tertiary/aromatic N) is 2. The maximum Gasteiger partial charge on any atom is 0.306 e. The number of cyclic esters (lactones) is 1. The zero-order valence-corrected chi connectivity index (χ0v) is 8.94. The second kappa shape index (κ2) is 4.18. The highest BCUT2D eigenvalue weighted by atomic mass is 16.6. The number of rotatable bonds is 1. The van der Waals surface area contributed by atoms with E-state index >= 15 is 0 Å². The van der Waals surface area contributed by atoms with E-state index in [1.807, 2.05) is 7.05 Å². The Bertz CT molecular complexity index is 272. The van der Waals surface area contributed by atoms with Crippen LogP contribution in [0.1, 0.15) is 12.8 Å². The number of ether oxygens (including phenoxy) is 1. The lowest BCUT2D eigenvalue weighted by atomic mass is 10.2. The van der Waals surface area contributed by atoms with Gasteiger partial charge in [-0.2, -0.15) is 0 Å². The first kappa shape index (κ1) is 10.4. The number of carbonyl (C=O) groups is 2. The van der Waals surface area contributed by atoms with Crippen LogP contribution in [0.5, 0.6) is 0 Å². The third-order valence-electron chi connectivity index (χ3n) is 2.97. The van der Waals surface area contributed by atoms with Crippen LogP contribution in [0.3, 0.4) is 0 Å². The van der Waals surface area contributed by atoms with Crippen molar-refractivity contribution in [1.82, 2.24) is 9.80 Å². The molecule has 84 valence electrons. The standard InChI is InChI=1S/C10H16N2O3/c1-11-4-6-12(7-5-11)10(14)8-2-3-9(13)15-8/h8H,2-7H2,1H3/t8-/m1/s1. The highest BCUT2D eigenvalue weighted by molar-refractivity contribution is 5.86. The van der Waals surface area contributed by atoms with Crippen molar-refractivity contribution in [3.05, 3.63) is 0 Å². The SMILES string of the molecule is CN1CCN(C(=O)[C@H]2CCC(=O)O2)CC1. The minimum absolute atomic E-state index is 0.0195. The first-order valence-corrected chi connectivity index (χ1v) is 5.33. The van der Waals surface area contributed by atoms with E-state index in [0.29, 0.717) is 12.8 Å². The van der Waals surface area contributed by atoms with Crippen LogP contribution >= 0.6 is 0 Å². The van der Waals surface area contributed by atoms with Crippen LogP contribution in [0.25, 0.3) is 0 Å². The monoisotopic (exact) mass is 212 g/mol. The molecule has 0 unspecified atom stereocenters. The smallest absolute Gasteiger partial charge is 0.306 e. The lowest BCUT2D eigenvalue weighted by Gasteiger charge is -2.33. The molecule has 5 heteroatoms. The molecule has 5 nitrogen and oxygen atoms in total. The van der Waals surface area contributed by atoms with Crippen molar-refractivity contribution in [2.24, 2.45) is 0 Å². The average Bonchev–Trinajstić information content (AvgIpc) is 2.65. The molecule has 0 spiro atoms. The third kappa shape index (κ3) is 2.28. The second-order valence-electron chi connectivity index (χ2n) is 4.15. The molecule has 0 bridgehead atoms. The van der Waals surface area contributed by atoms with Gasteiger partial charge in [-0.1, -0.05) is 0 Å². The van der Waals surface area contributed by atoms with Gasteiger partial charge < -0.3 is 14.5 Å². The molecule has 2 rings (SSSR count). The van der Waals surface area contributed by atoms with E-state index < -0.39 is 6.10 Å². The van der Waals surface area contributed by atoms with E-state index in [4.69, 9.17) is 4.74 Å². The number of likely N-dealkylation sites (N-methyl/N-ethyl adjacent to an activating group) is 1. The summed E-state index contributed by atoms with van der Waals surface area (Å²) >= 11 is 0. The molecule has 2 aliphatic heterocycles. The van der Waals surface area contributed by atoms with Gasteiger partial charge in [0, 0.05) is 39.0 Å². The molecule has 15 heavy (non-hydrogen) atoms. The van der Waals surface area contributed by atoms with Crippen molar-refractivity contribution in [3.63, 3.8) is 0 Å². The van der Waals surface area contributed by atoms with Gasteiger partial charge in [0.25, 0.3) is 5.91 Å². The molecule has 1 amide bonds. The van der Waals surface area contributed by atoms with E-state index in [9.17, 15) is 9.59 Å². The fourth-order valence-corrected chi connectivity index (χ4v) is 1.93. The molecule has 2 fully saturated rings. The summed E-state index contributed by atoms with van der Waals surface area (Å²) in [7, 11) is 2.04. The van der Waals surface area contributed by atoms with Gasteiger partial charge in [0.2, 0.25) is 0 Å². The number of hydrogen-bond acceptors (Lipinski definition) is 4. The van der Waals surface area contributed by atoms with Crippen molar-refractivity contribution in [3.8, 4) is 0 Å². The molecule has 0 radical (unpaired) electrons. The molecule has 0 aromatic rings. The average molecular weight is 212 g/mol. The molecular weight excluding hydrogens is 196 g/mol. The zero-order chi connectivity index (χ0) is 10.8. The molecular formula is C10H16N2O3. The molecule has 0 aromatic heterocycles. The summed E-state index contributed by atoms with van der Waals surface area (Å²) in [4.78, 5) is 26.8. The fourth-order valence-electron chi connectivity index (χ4n) is 1.93. The summed E-state index contributed by atoms with van der Waals surface area (Å²) in [6, 6.07) is 0. The van der Waals surface area contributed by atoms with Gasteiger partial charge in [-0.25, -0.2) is 0 Å². The minimum atomic E-state index is -0.513. The highest BCUT2D eigenvalue weighted by Crippen LogP contribution is 2.16. The molecule has 0 aromatic carbocycles. The summed E-state index contributed by atoms with van der Waals surface area (Å²) in [5.41, 5.74) is 0. The minimum Gasteiger partial charge on any atom is -0.452 e. The van der Waals surface area contributed by atoms with E-state index in [0.717, 1.165) is 26.2 Å². The van der Waals surface area contributed by atoms with Crippen LogP contribution in [0.15, 0.2) is 0 Å². The van der Waals surface area contributed by atoms with Crippen LogP contribution in [0.4, 0.5) is 0 Å². The first-order chi connectivity index (χ1) is 7.16. The van der Waals surface area contributed by atoms with Crippen molar-refractivity contribution >= 4 is 11.9 Å². The predicted octanol–water partition coefficient (Wildman–Crippen LogP) is -0.534. The van der Waals surface area contributed by atoms with Gasteiger partial charge in [-0.3, -0.25) is 9.59 Å². The molecule has 2 saturated heterocycles. The zero-order valence-electron chi connectivity index (χ0n) is 8.94. The van der Waals surface area contributed by atoms with Gasteiger partial charge in [0.05, 0.1) is 0 Å². The number of carbonyl (C=O) groups excluding carboxylic acids is 2. The molecule has 0 aliphatic carbocycles. The van der Waals surface area contributed by atoms with Gasteiger partial charge in [0.15, 0.2) is 6.10 Å². The Hall–Kier alpha value is -1.10. The maximum atomic E-state index is 11.9. The molecule has 2 aliphatic rings. The Balaban J connectivity index is 1.88. The normalized spacial score (nSPS) is 27.9. The molecule has 0 N–H and O–H groups in total. The molecule has 0 saturated carbocycles. The van der Waals surface area contributed by atoms with Crippen molar-refractivity contribution in [2.75, 3.05) is 33.2 Å². The van der Waals surface area contributed by atoms with Crippen LogP contribution in [-0.4, -0.2) is 61.0 Å². The van der Waals surface area contributed by atoms with Crippen molar-refractivity contribution in [2.45, 2.75) is 18.9 Å². The van der Waals surface area contributed by atoms with Crippen LogP contribution < -0.4 is 0 Å². The Labute approximate surface area is 89.0 Å². The summed E-state index contributed by atoms with van der Waals surface area (Å²) in [5.74, 6) is -0.267. The summed E-state index contributed by atoms with van der Waals surface area (Å²) in [6.07, 6.45) is 0.412. The van der Waals surface area contributed by atoms with Gasteiger partial charge in [-0.05, 0) is 7.05 Å². The van der Waals surface area contributed by atoms with Crippen LogP contribution in [-0.2, 0) is 14.3 Å². The first-order valence-electron chi connectivity index (χ1n) is 5.33. The van der Waals surface area contributed by atoms with Crippen molar-refractivity contribution in [1.29, 1.82) is 0 Å². The maximum absolute atomic E-state index is 11.9. The van der Waals surface area contributed by atoms with Gasteiger partial charge in [0.1, 0.15) is 0 Å². The Morgan fingerprint density at radius 3 is 2.53 bits per heavy atom. The number of piperazine rings is 1. The topological polar surface area (TPSA) is 49.9 Å². The largest absolute Gasteiger partial charge is 0.452 e. The van der Waals surface area contributed by atoms with E-state index in [1.165, 1.54) is 0 Å². The van der Waals surface area contributed by atoms with Crippen LogP contribution in [0.2, 0.25) is 0 Å². The summed E-state index contributed by atoms with van der Waals surface area (Å²) in [6.45, 7) is 3.27. The van der Waals surface area contributed by atoms with E-state index in [1.54, 1.807) is 4.90 Å². The third-order valence-corrected chi connectivity index (χ3v) is 2.97. The highest BCUT2D eigenvalue weighted by Gasteiger charge is 2.33. The summed E-state index contributed by atoms with van der Waals surface area (Å²) < 4.78 is 4.96. The number of hydrogen-bond donors (Lipinski definition) is 0. The second-order valence-corrected chi connectivity index (χ2v) is 4.15. The molecule has 1 atom stereocenters. The van der Waals surface area contributed by atoms with E-state index in [2.05, 4.69) is 4.90 Å². The predicted molar refractivity (Wildman–Crippen MR) is 53.2 cm³/mol. The van der Waals surface area contributed by atoms with Crippen molar-refractivity contribution < 1.29 is 14.3 Å². The van der Waals surface area contributed by atoms with Gasteiger partial charge >= 0.3 is 5.97 Å². The Morgan fingerprint density at radius 1 is 1.33 bits per heavy atom. The fraction of sp³-hybridized carbons (Fsp3) is 0.800. The quantitative estimate of drug-likeness (QED) is 0.548. The lowest BCUT2D eigenvalue weighted by Crippen LogP contribution is -2.50. The van der Waals surface area contributed by atoms with Gasteiger partial charge in [-0.15, -0.1) is 0 Å². The van der Waals surface area contributed by atoms with Crippen LogP contribution in [0, 0.1) is 0 Å². The van der Waals surface area contributed by atoms with E-state index in [-0.39, 0.29) is 11.9 Å². The molecule has 2 heterocycles. The lowest BCUT2D eigenvalue weighted by molar-refractivity contribution is -0.153.